The number of nitrogens with zero attached hydrogens (tertiary/aromatic N) is 1. The van der Waals surface area contributed by atoms with E-state index in [9.17, 15) is 22.8 Å². The molecule has 0 fully saturated rings. The van der Waals surface area contributed by atoms with Crippen molar-refractivity contribution in [2.75, 3.05) is 18.4 Å². The average molecular weight is 384 g/mol. The molecule has 140 valence electrons. The number of carbonyl (C=O) groups is 2. The van der Waals surface area contributed by atoms with Gasteiger partial charge in [0.25, 0.3) is 5.91 Å². The van der Waals surface area contributed by atoms with Crippen LogP contribution >= 0.6 is 11.3 Å². The van der Waals surface area contributed by atoms with Crippen LogP contribution in [0.25, 0.3) is 0 Å². The van der Waals surface area contributed by atoms with E-state index >= 15 is 0 Å². The fraction of sp³-hybridized carbons (Fsp3) is 0.333. The van der Waals surface area contributed by atoms with Gasteiger partial charge in [-0.25, -0.2) is 13.2 Å². The molecule has 0 aliphatic rings. The molecule has 0 saturated heterocycles. The Morgan fingerprint density at radius 1 is 1.15 bits per heavy atom. The highest BCUT2D eigenvalue weighted by Gasteiger charge is 2.22. The third kappa shape index (κ3) is 4.43. The first-order valence-corrected chi connectivity index (χ1v) is 8.85. The van der Waals surface area contributed by atoms with Crippen molar-refractivity contribution in [1.82, 2.24) is 4.90 Å². The summed E-state index contributed by atoms with van der Waals surface area (Å²) in [4.78, 5) is 27.7. The molecule has 4 nitrogen and oxygen atoms in total. The summed E-state index contributed by atoms with van der Waals surface area (Å²) >= 11 is 1.34. The molecule has 2 rings (SSSR count). The van der Waals surface area contributed by atoms with Crippen LogP contribution < -0.4 is 5.32 Å². The number of hydrogen-bond acceptors (Lipinski definition) is 3. The number of rotatable bonds is 6. The molecule has 8 heteroatoms. The van der Waals surface area contributed by atoms with Gasteiger partial charge in [0.05, 0.1) is 10.6 Å². The van der Waals surface area contributed by atoms with Crippen LogP contribution in [0.15, 0.2) is 18.2 Å². The first-order chi connectivity index (χ1) is 12.2. The number of hydrogen-bond donors (Lipinski definition) is 1. The molecule has 1 N–H and O–H groups in total. The van der Waals surface area contributed by atoms with Crippen LogP contribution in [0.5, 0.6) is 0 Å². The Morgan fingerprint density at radius 3 is 2.42 bits per heavy atom. The van der Waals surface area contributed by atoms with Crippen LogP contribution in [0.2, 0.25) is 0 Å². The van der Waals surface area contributed by atoms with E-state index in [0.29, 0.717) is 17.8 Å². The number of amides is 2. The Hall–Kier alpha value is -2.35. The number of benzene rings is 1. The van der Waals surface area contributed by atoms with Gasteiger partial charge >= 0.3 is 0 Å². The van der Waals surface area contributed by atoms with Crippen molar-refractivity contribution in [2.45, 2.75) is 27.2 Å². The summed E-state index contributed by atoms with van der Waals surface area (Å²) in [6.45, 7) is 5.67. The van der Waals surface area contributed by atoms with E-state index in [1.165, 1.54) is 16.2 Å². The summed E-state index contributed by atoms with van der Waals surface area (Å²) in [7, 11) is 0. The summed E-state index contributed by atoms with van der Waals surface area (Å²) < 4.78 is 39.9. The van der Waals surface area contributed by atoms with E-state index in [1.807, 2.05) is 20.8 Å². The van der Waals surface area contributed by atoms with E-state index in [4.69, 9.17) is 0 Å². The zero-order valence-electron chi connectivity index (χ0n) is 14.7. The van der Waals surface area contributed by atoms with Crippen molar-refractivity contribution in [3.8, 4) is 0 Å². The Morgan fingerprint density at radius 2 is 1.85 bits per heavy atom. The lowest BCUT2D eigenvalue weighted by Crippen LogP contribution is -2.38. The molecular weight excluding hydrogens is 365 g/mol. The van der Waals surface area contributed by atoms with Crippen molar-refractivity contribution < 1.29 is 22.8 Å². The SMILES string of the molecule is CCCN(CC(=O)Nc1ccc(F)c(F)c1F)C(=O)c1cc(C)c(C)s1. The smallest absolute Gasteiger partial charge is 0.264 e. The molecule has 0 spiro atoms. The van der Waals surface area contributed by atoms with Gasteiger partial charge in [0.2, 0.25) is 5.91 Å². The molecule has 0 saturated carbocycles. The van der Waals surface area contributed by atoms with E-state index < -0.39 is 29.0 Å². The van der Waals surface area contributed by atoms with Gasteiger partial charge in [-0.05, 0) is 44.0 Å². The van der Waals surface area contributed by atoms with Gasteiger partial charge in [-0.15, -0.1) is 11.3 Å². The zero-order valence-corrected chi connectivity index (χ0v) is 15.5. The maximum Gasteiger partial charge on any atom is 0.264 e. The van der Waals surface area contributed by atoms with E-state index in [1.54, 1.807) is 6.07 Å². The number of anilines is 1. The first-order valence-electron chi connectivity index (χ1n) is 8.04. The minimum Gasteiger partial charge on any atom is -0.329 e. The standard InChI is InChI=1S/C18H19F3N2O2S/c1-4-7-23(18(25)14-8-10(2)11(3)26-14)9-15(24)22-13-6-5-12(19)16(20)17(13)21/h5-6,8H,4,7,9H2,1-3H3,(H,22,24). The second kappa shape index (κ2) is 8.35. The van der Waals surface area contributed by atoms with Gasteiger partial charge in [0.15, 0.2) is 17.5 Å². The molecule has 0 unspecified atom stereocenters. The molecule has 1 heterocycles. The predicted molar refractivity (Wildman–Crippen MR) is 94.9 cm³/mol. The number of nitrogens with one attached hydrogen (secondary N) is 1. The van der Waals surface area contributed by atoms with Crippen LogP contribution in [-0.4, -0.2) is 29.8 Å². The van der Waals surface area contributed by atoms with Gasteiger partial charge in [0.1, 0.15) is 6.54 Å². The highest BCUT2D eigenvalue weighted by atomic mass is 32.1. The fourth-order valence-corrected chi connectivity index (χ4v) is 3.34. The number of halogens is 3. The second-order valence-electron chi connectivity index (χ2n) is 5.85. The molecule has 1 aromatic carbocycles. The highest BCUT2D eigenvalue weighted by Crippen LogP contribution is 2.23. The van der Waals surface area contributed by atoms with Crippen molar-refractivity contribution >= 4 is 28.8 Å². The van der Waals surface area contributed by atoms with Crippen molar-refractivity contribution in [2.24, 2.45) is 0 Å². The van der Waals surface area contributed by atoms with E-state index in [0.717, 1.165) is 22.6 Å². The van der Waals surface area contributed by atoms with Crippen molar-refractivity contribution in [3.63, 3.8) is 0 Å². The van der Waals surface area contributed by atoms with Gasteiger partial charge in [-0.2, -0.15) is 0 Å². The maximum absolute atomic E-state index is 13.7. The minimum atomic E-state index is -1.66. The zero-order chi connectivity index (χ0) is 19.4. The van der Waals surface area contributed by atoms with Crippen LogP contribution in [-0.2, 0) is 4.79 Å². The van der Waals surface area contributed by atoms with Crippen molar-refractivity contribution in [3.05, 3.63) is 51.0 Å². The fourth-order valence-electron chi connectivity index (χ4n) is 2.34. The topological polar surface area (TPSA) is 49.4 Å². The van der Waals surface area contributed by atoms with Gasteiger partial charge in [0, 0.05) is 11.4 Å². The number of carbonyl (C=O) groups excluding carboxylic acids is 2. The molecule has 26 heavy (non-hydrogen) atoms. The summed E-state index contributed by atoms with van der Waals surface area (Å²) in [6.07, 6.45) is 0.627. The third-order valence-electron chi connectivity index (χ3n) is 3.80. The van der Waals surface area contributed by atoms with Crippen LogP contribution in [0.1, 0.15) is 33.5 Å². The van der Waals surface area contributed by atoms with Crippen LogP contribution in [0.3, 0.4) is 0 Å². The van der Waals surface area contributed by atoms with Crippen LogP contribution in [0.4, 0.5) is 18.9 Å². The molecule has 0 aliphatic carbocycles. The minimum absolute atomic E-state index is 0.297. The molecule has 0 aliphatic heterocycles. The van der Waals surface area contributed by atoms with Gasteiger partial charge < -0.3 is 10.2 Å². The monoisotopic (exact) mass is 384 g/mol. The highest BCUT2D eigenvalue weighted by molar-refractivity contribution is 7.14. The summed E-state index contributed by atoms with van der Waals surface area (Å²) in [5.41, 5.74) is 0.517. The summed E-state index contributed by atoms with van der Waals surface area (Å²) in [5, 5.41) is 2.18. The molecular formula is C18H19F3N2O2S. The average Bonchev–Trinajstić information content (AvgIpc) is 2.93. The summed E-state index contributed by atoms with van der Waals surface area (Å²) in [5.74, 6) is -5.47. The second-order valence-corrected chi connectivity index (χ2v) is 7.10. The Balaban J connectivity index is 2.13. The quantitative estimate of drug-likeness (QED) is 0.756. The van der Waals surface area contributed by atoms with Crippen molar-refractivity contribution in [1.29, 1.82) is 0 Å². The molecule has 2 amide bonds. The predicted octanol–water partition coefficient (Wildman–Crippen LogP) is 4.27. The molecule has 0 atom stereocenters. The molecule has 0 radical (unpaired) electrons. The number of thiophene rings is 1. The van der Waals surface area contributed by atoms with Crippen LogP contribution in [0, 0.1) is 31.3 Å². The normalized spacial score (nSPS) is 10.7. The Kier molecular flexibility index (Phi) is 6.42. The Bertz CT molecular complexity index is 817. The Labute approximate surface area is 153 Å². The first kappa shape index (κ1) is 20.0. The number of aryl methyl sites for hydroxylation is 2. The lowest BCUT2D eigenvalue weighted by molar-refractivity contribution is -0.116. The van der Waals surface area contributed by atoms with Gasteiger partial charge in [-0.1, -0.05) is 6.92 Å². The lowest BCUT2D eigenvalue weighted by atomic mass is 10.2. The lowest BCUT2D eigenvalue weighted by Gasteiger charge is -2.21. The molecule has 2 aromatic rings. The molecule has 0 bridgehead atoms. The largest absolute Gasteiger partial charge is 0.329 e. The van der Waals surface area contributed by atoms with Gasteiger partial charge in [-0.3, -0.25) is 9.59 Å². The van der Waals surface area contributed by atoms with E-state index in [2.05, 4.69) is 5.32 Å². The maximum atomic E-state index is 13.7. The van der Waals surface area contributed by atoms with E-state index in [-0.39, 0.29) is 12.5 Å². The summed E-state index contributed by atoms with van der Waals surface area (Å²) in [6, 6.07) is 3.42. The molecule has 1 aromatic heterocycles. The third-order valence-corrected chi connectivity index (χ3v) is 4.94.